The van der Waals surface area contributed by atoms with Gasteiger partial charge in [-0.1, -0.05) is 64.8 Å². The third kappa shape index (κ3) is 3.88. The lowest BCUT2D eigenvalue weighted by atomic mass is 10.1. The van der Waals surface area contributed by atoms with Gasteiger partial charge in [0.15, 0.2) is 0 Å². The molecule has 1 atom stereocenters. The lowest BCUT2D eigenvalue weighted by Gasteiger charge is -2.20. The summed E-state index contributed by atoms with van der Waals surface area (Å²) < 4.78 is 5.51. The Bertz CT molecular complexity index is 987. The van der Waals surface area contributed by atoms with Crippen molar-refractivity contribution in [3.8, 4) is 11.4 Å². The minimum absolute atomic E-state index is 0.0295. The van der Waals surface area contributed by atoms with Crippen molar-refractivity contribution in [1.82, 2.24) is 15.0 Å². The van der Waals surface area contributed by atoms with Crippen LogP contribution in [-0.4, -0.2) is 27.5 Å². The van der Waals surface area contributed by atoms with Crippen LogP contribution in [0.15, 0.2) is 59.1 Å². The first-order valence-corrected chi connectivity index (χ1v) is 9.56. The molecule has 0 radical (unpaired) electrons. The van der Waals surface area contributed by atoms with Gasteiger partial charge in [0, 0.05) is 18.2 Å². The number of amides is 1. The van der Waals surface area contributed by atoms with Crippen molar-refractivity contribution in [1.29, 1.82) is 0 Å². The average Bonchev–Trinajstić information content (AvgIpc) is 3.37. The molecule has 0 unspecified atom stereocenters. The summed E-state index contributed by atoms with van der Waals surface area (Å²) in [6.07, 6.45) is 5.24. The Balaban J connectivity index is 1.49. The van der Waals surface area contributed by atoms with Crippen molar-refractivity contribution in [2.45, 2.75) is 32.7 Å². The smallest absolute Gasteiger partial charge is 0.249 e. The molecule has 0 spiro atoms. The second-order valence-corrected chi connectivity index (χ2v) is 7.26. The quantitative estimate of drug-likeness (QED) is 0.620. The zero-order valence-corrected chi connectivity index (χ0v) is 16.1. The Hall–Kier alpha value is -3.21. The van der Waals surface area contributed by atoms with E-state index in [9.17, 15) is 4.79 Å². The van der Waals surface area contributed by atoms with E-state index in [1.807, 2.05) is 73.4 Å². The van der Waals surface area contributed by atoms with Gasteiger partial charge in [-0.25, -0.2) is 0 Å². The summed E-state index contributed by atoms with van der Waals surface area (Å²) in [5.74, 6) is 1.04. The van der Waals surface area contributed by atoms with E-state index in [4.69, 9.17) is 4.52 Å². The maximum Gasteiger partial charge on any atom is 0.249 e. The van der Waals surface area contributed by atoms with E-state index in [0.717, 1.165) is 24.0 Å². The van der Waals surface area contributed by atoms with Gasteiger partial charge >= 0.3 is 0 Å². The van der Waals surface area contributed by atoms with Crippen molar-refractivity contribution in [3.63, 3.8) is 0 Å². The summed E-state index contributed by atoms with van der Waals surface area (Å²) in [5.41, 5.74) is 4.30. The van der Waals surface area contributed by atoms with Gasteiger partial charge in [-0.05, 0) is 38.3 Å². The fourth-order valence-corrected chi connectivity index (χ4v) is 3.42. The lowest BCUT2D eigenvalue weighted by molar-refractivity contribution is -0.127. The molecule has 1 saturated heterocycles. The largest absolute Gasteiger partial charge is 0.337 e. The summed E-state index contributed by atoms with van der Waals surface area (Å²) in [5, 5.41) is 4.11. The Morgan fingerprint density at radius 2 is 1.75 bits per heavy atom. The van der Waals surface area contributed by atoms with Gasteiger partial charge in [0.1, 0.15) is 6.04 Å². The molecular weight excluding hydrogens is 350 g/mol. The molecule has 142 valence electrons. The number of likely N-dealkylation sites (tertiary alicyclic amines) is 1. The van der Waals surface area contributed by atoms with Crippen molar-refractivity contribution in [2.24, 2.45) is 0 Å². The fraction of sp³-hybridized carbons (Fsp3) is 0.261. The molecule has 0 N–H and O–H groups in total. The maximum absolute atomic E-state index is 12.7. The van der Waals surface area contributed by atoms with Crippen LogP contribution in [-0.2, 0) is 4.79 Å². The second-order valence-electron chi connectivity index (χ2n) is 7.26. The molecular formula is C23H23N3O2. The average molecular weight is 373 g/mol. The number of rotatable bonds is 4. The van der Waals surface area contributed by atoms with Crippen LogP contribution in [0.4, 0.5) is 0 Å². The highest BCUT2D eigenvalue weighted by molar-refractivity contribution is 5.92. The molecule has 1 amide bonds. The molecule has 5 heteroatoms. The first kappa shape index (κ1) is 18.2. The van der Waals surface area contributed by atoms with E-state index < -0.39 is 0 Å². The number of benzene rings is 2. The normalized spacial score (nSPS) is 16.8. The third-order valence-electron chi connectivity index (χ3n) is 5.07. The Kier molecular flexibility index (Phi) is 5.06. The molecule has 2 aromatic carbocycles. The van der Waals surface area contributed by atoms with Gasteiger partial charge < -0.3 is 9.42 Å². The summed E-state index contributed by atoms with van der Waals surface area (Å²) in [7, 11) is 0. The van der Waals surface area contributed by atoms with Gasteiger partial charge in [0.2, 0.25) is 17.6 Å². The highest BCUT2D eigenvalue weighted by Gasteiger charge is 2.33. The summed E-state index contributed by atoms with van der Waals surface area (Å²) in [6.45, 7) is 4.78. The highest BCUT2D eigenvalue weighted by atomic mass is 16.5. The molecule has 28 heavy (non-hydrogen) atoms. The van der Waals surface area contributed by atoms with Crippen LogP contribution in [0.2, 0.25) is 0 Å². The Morgan fingerprint density at radius 1 is 1.07 bits per heavy atom. The second kappa shape index (κ2) is 7.80. The predicted molar refractivity (Wildman–Crippen MR) is 108 cm³/mol. The van der Waals surface area contributed by atoms with Gasteiger partial charge in [-0.15, -0.1) is 0 Å². The van der Waals surface area contributed by atoms with Crippen LogP contribution in [0.25, 0.3) is 17.5 Å². The monoisotopic (exact) mass is 373 g/mol. The molecule has 0 aliphatic carbocycles. The molecule has 1 aromatic heterocycles. The number of aryl methyl sites for hydroxylation is 2. The highest BCUT2D eigenvalue weighted by Crippen LogP contribution is 2.32. The van der Waals surface area contributed by atoms with E-state index >= 15 is 0 Å². The molecule has 0 saturated carbocycles. The summed E-state index contributed by atoms with van der Waals surface area (Å²) >= 11 is 0. The first-order chi connectivity index (χ1) is 13.6. The number of carbonyl (C=O) groups is 1. The van der Waals surface area contributed by atoms with Crippen LogP contribution in [0.3, 0.4) is 0 Å². The van der Waals surface area contributed by atoms with Crippen LogP contribution in [0, 0.1) is 13.8 Å². The van der Waals surface area contributed by atoms with E-state index in [1.165, 1.54) is 11.1 Å². The number of hydrogen-bond donors (Lipinski definition) is 0. The Labute approximate surface area is 164 Å². The molecule has 0 bridgehead atoms. The SMILES string of the molecule is Cc1ccc(/C=C/C(=O)N2CCC[C@H]2c2nc(-c3ccc(C)cc3)no2)cc1. The predicted octanol–water partition coefficient (Wildman–Crippen LogP) is 4.73. The van der Waals surface area contributed by atoms with E-state index in [0.29, 0.717) is 18.3 Å². The molecule has 1 fully saturated rings. The van der Waals surface area contributed by atoms with Gasteiger partial charge in [-0.2, -0.15) is 4.98 Å². The molecule has 2 heterocycles. The zero-order chi connectivity index (χ0) is 19.5. The van der Waals surface area contributed by atoms with Crippen LogP contribution < -0.4 is 0 Å². The fourth-order valence-electron chi connectivity index (χ4n) is 3.42. The topological polar surface area (TPSA) is 59.2 Å². The molecule has 1 aliphatic heterocycles. The van der Waals surface area contributed by atoms with E-state index in [-0.39, 0.29) is 11.9 Å². The van der Waals surface area contributed by atoms with Gasteiger partial charge in [0.25, 0.3) is 0 Å². The van der Waals surface area contributed by atoms with Crippen LogP contribution in [0.1, 0.15) is 41.5 Å². The minimum Gasteiger partial charge on any atom is -0.337 e. The molecule has 1 aliphatic rings. The molecule has 5 nitrogen and oxygen atoms in total. The number of carbonyl (C=O) groups excluding carboxylic acids is 1. The Morgan fingerprint density at radius 3 is 2.46 bits per heavy atom. The third-order valence-corrected chi connectivity index (χ3v) is 5.07. The summed E-state index contributed by atoms with van der Waals surface area (Å²) in [4.78, 5) is 19.1. The van der Waals surface area contributed by atoms with Crippen LogP contribution >= 0.6 is 0 Å². The van der Waals surface area contributed by atoms with Crippen molar-refractivity contribution in [2.75, 3.05) is 6.54 Å². The number of aromatic nitrogens is 2. The van der Waals surface area contributed by atoms with Crippen molar-refractivity contribution in [3.05, 3.63) is 77.2 Å². The minimum atomic E-state index is -0.165. The van der Waals surface area contributed by atoms with Gasteiger partial charge in [-0.3, -0.25) is 4.79 Å². The number of hydrogen-bond acceptors (Lipinski definition) is 4. The van der Waals surface area contributed by atoms with Crippen LogP contribution in [0.5, 0.6) is 0 Å². The van der Waals surface area contributed by atoms with Gasteiger partial charge in [0.05, 0.1) is 0 Å². The van der Waals surface area contributed by atoms with Crippen molar-refractivity contribution < 1.29 is 9.32 Å². The molecule has 3 aromatic rings. The van der Waals surface area contributed by atoms with E-state index in [2.05, 4.69) is 10.1 Å². The maximum atomic E-state index is 12.7. The standard InChI is InChI=1S/C23H23N3O2/c1-16-5-9-18(10-6-16)11-14-21(27)26-15-3-4-20(26)23-24-22(25-28-23)19-12-7-17(2)8-13-19/h5-14,20H,3-4,15H2,1-2H3/b14-11+/t20-/m0/s1. The molecule has 4 rings (SSSR count). The zero-order valence-electron chi connectivity index (χ0n) is 16.1. The van der Waals surface area contributed by atoms with E-state index in [1.54, 1.807) is 6.08 Å². The summed E-state index contributed by atoms with van der Waals surface area (Å²) in [6, 6.07) is 15.9. The first-order valence-electron chi connectivity index (χ1n) is 9.56. The van der Waals surface area contributed by atoms with Crippen molar-refractivity contribution >= 4 is 12.0 Å². The number of nitrogens with zero attached hydrogens (tertiary/aromatic N) is 3. The lowest BCUT2D eigenvalue weighted by Crippen LogP contribution is -2.29.